The van der Waals surface area contributed by atoms with Gasteiger partial charge < -0.3 is 15.5 Å². The first-order valence-electron chi connectivity index (χ1n) is 7.21. The van der Waals surface area contributed by atoms with Crippen molar-refractivity contribution in [2.75, 3.05) is 36.8 Å². The smallest absolute Gasteiger partial charge is 0.228 e. The average molecular weight is 305 g/mol. The van der Waals surface area contributed by atoms with Gasteiger partial charge in [0.2, 0.25) is 12.4 Å². The Morgan fingerprint density at radius 1 is 1.33 bits per heavy atom. The minimum atomic E-state index is 0.548. The highest BCUT2D eigenvalue weighted by Gasteiger charge is 2.19. The monoisotopic (exact) mass is 305 g/mol. The summed E-state index contributed by atoms with van der Waals surface area (Å²) in [6.45, 7) is 5.07. The molecule has 1 aliphatic heterocycles. The van der Waals surface area contributed by atoms with Crippen LogP contribution in [-0.4, -0.2) is 47.5 Å². The average Bonchev–Trinajstić information content (AvgIpc) is 2.91. The molecule has 7 heteroatoms. The van der Waals surface area contributed by atoms with Gasteiger partial charge in [-0.3, -0.25) is 4.79 Å². The van der Waals surface area contributed by atoms with Crippen LogP contribution in [0.5, 0.6) is 0 Å². The Labute approximate surface area is 127 Å². The van der Waals surface area contributed by atoms with Gasteiger partial charge in [0, 0.05) is 31.1 Å². The first kappa shape index (κ1) is 14.1. The molecular formula is C14H19N5OS. The molecule has 0 saturated carbocycles. The first-order valence-corrected chi connectivity index (χ1v) is 8.03. The number of anilines is 2. The Kier molecular flexibility index (Phi) is 3.92. The van der Waals surface area contributed by atoms with Crippen molar-refractivity contribution >= 4 is 39.7 Å². The summed E-state index contributed by atoms with van der Waals surface area (Å²) in [5.74, 6) is 1.22. The Bertz CT molecular complexity index is 648. The predicted molar refractivity (Wildman–Crippen MR) is 85.7 cm³/mol. The van der Waals surface area contributed by atoms with Crippen molar-refractivity contribution in [3.8, 4) is 0 Å². The van der Waals surface area contributed by atoms with E-state index in [-0.39, 0.29) is 0 Å². The molecule has 2 N–H and O–H groups in total. The molecule has 21 heavy (non-hydrogen) atoms. The Morgan fingerprint density at radius 2 is 2.10 bits per heavy atom. The lowest BCUT2D eigenvalue weighted by atomic mass is 10.2. The zero-order chi connectivity index (χ0) is 14.8. The molecule has 0 unspecified atom stereocenters. The molecule has 0 aromatic carbocycles. The van der Waals surface area contributed by atoms with Crippen LogP contribution in [0.3, 0.4) is 0 Å². The number of hydrogen-bond donors (Lipinski definition) is 1. The Morgan fingerprint density at radius 3 is 2.76 bits per heavy atom. The zero-order valence-electron chi connectivity index (χ0n) is 12.1. The number of aryl methyl sites for hydroxylation is 1. The third-order valence-corrected chi connectivity index (χ3v) is 4.79. The van der Waals surface area contributed by atoms with Gasteiger partial charge in [0.05, 0.1) is 5.39 Å². The lowest BCUT2D eigenvalue weighted by Gasteiger charge is -2.32. The van der Waals surface area contributed by atoms with Gasteiger partial charge in [-0.2, -0.15) is 4.98 Å². The van der Waals surface area contributed by atoms with E-state index in [2.05, 4.69) is 27.9 Å². The Balaban J connectivity index is 1.87. The standard InChI is InChI=1S/C14H19N5OS/c1-2-3-10-8-11-12(15)16-14(17-13(11)21-10)19-6-4-18(9-20)5-7-19/h8-9H,2-7H2,1H3,(H2,15,16,17). The van der Waals surface area contributed by atoms with Gasteiger partial charge in [-0.25, -0.2) is 4.98 Å². The molecule has 1 fully saturated rings. The van der Waals surface area contributed by atoms with Crippen LogP contribution >= 0.6 is 11.3 Å². The fourth-order valence-electron chi connectivity index (χ4n) is 2.52. The number of thiophene rings is 1. The van der Waals surface area contributed by atoms with Crippen LogP contribution in [0.25, 0.3) is 10.2 Å². The Hall–Kier alpha value is -1.89. The maximum Gasteiger partial charge on any atom is 0.228 e. The topological polar surface area (TPSA) is 75.3 Å². The van der Waals surface area contributed by atoms with Crippen LogP contribution in [0.4, 0.5) is 11.8 Å². The fourth-order valence-corrected chi connectivity index (χ4v) is 3.65. The van der Waals surface area contributed by atoms with Crippen molar-refractivity contribution in [3.63, 3.8) is 0 Å². The van der Waals surface area contributed by atoms with Crippen molar-refractivity contribution in [3.05, 3.63) is 10.9 Å². The number of rotatable bonds is 4. The van der Waals surface area contributed by atoms with Crippen LogP contribution in [0.2, 0.25) is 0 Å². The second kappa shape index (κ2) is 5.85. The van der Waals surface area contributed by atoms with Crippen molar-refractivity contribution in [1.29, 1.82) is 0 Å². The summed E-state index contributed by atoms with van der Waals surface area (Å²) in [7, 11) is 0. The zero-order valence-corrected chi connectivity index (χ0v) is 12.9. The van der Waals surface area contributed by atoms with Crippen molar-refractivity contribution in [1.82, 2.24) is 14.9 Å². The summed E-state index contributed by atoms with van der Waals surface area (Å²) in [5.41, 5.74) is 6.09. The van der Waals surface area contributed by atoms with Crippen LogP contribution in [0.1, 0.15) is 18.2 Å². The molecular weight excluding hydrogens is 286 g/mol. The van der Waals surface area contributed by atoms with Crippen molar-refractivity contribution in [2.45, 2.75) is 19.8 Å². The maximum absolute atomic E-state index is 10.8. The highest BCUT2D eigenvalue weighted by molar-refractivity contribution is 7.18. The minimum Gasteiger partial charge on any atom is -0.383 e. The third-order valence-electron chi connectivity index (χ3n) is 3.70. The number of aromatic nitrogens is 2. The molecule has 0 atom stereocenters. The molecule has 1 aliphatic rings. The SMILES string of the molecule is CCCc1cc2c(N)nc(N3CCN(C=O)CC3)nc2s1. The molecule has 3 rings (SSSR count). The van der Waals surface area contributed by atoms with Gasteiger partial charge >= 0.3 is 0 Å². The molecule has 0 bridgehead atoms. The molecule has 1 amide bonds. The van der Waals surface area contributed by atoms with E-state index in [1.807, 2.05) is 0 Å². The third kappa shape index (κ3) is 2.78. The largest absolute Gasteiger partial charge is 0.383 e. The molecule has 0 spiro atoms. The van der Waals surface area contributed by atoms with E-state index in [9.17, 15) is 4.79 Å². The van der Waals surface area contributed by atoms with Crippen LogP contribution in [-0.2, 0) is 11.2 Å². The summed E-state index contributed by atoms with van der Waals surface area (Å²) < 4.78 is 0. The van der Waals surface area contributed by atoms with Gasteiger partial charge in [0.1, 0.15) is 10.6 Å². The lowest BCUT2D eigenvalue weighted by molar-refractivity contribution is -0.118. The van der Waals surface area contributed by atoms with Gasteiger partial charge in [0.15, 0.2) is 0 Å². The highest BCUT2D eigenvalue weighted by atomic mass is 32.1. The number of piperazine rings is 1. The molecule has 0 radical (unpaired) electrons. The minimum absolute atomic E-state index is 0.548. The van der Waals surface area contributed by atoms with E-state index >= 15 is 0 Å². The maximum atomic E-state index is 10.8. The van der Waals surface area contributed by atoms with Gasteiger partial charge in [-0.05, 0) is 12.5 Å². The molecule has 6 nitrogen and oxygen atoms in total. The van der Waals surface area contributed by atoms with Crippen molar-refractivity contribution < 1.29 is 4.79 Å². The molecule has 2 aromatic rings. The summed E-state index contributed by atoms with van der Waals surface area (Å²) in [4.78, 5) is 26.0. The highest BCUT2D eigenvalue weighted by Crippen LogP contribution is 2.30. The second-order valence-corrected chi connectivity index (χ2v) is 6.33. The molecule has 1 saturated heterocycles. The van der Waals surface area contributed by atoms with Crippen LogP contribution in [0, 0.1) is 0 Å². The molecule has 0 aliphatic carbocycles. The van der Waals surface area contributed by atoms with Crippen LogP contribution < -0.4 is 10.6 Å². The number of nitrogens with two attached hydrogens (primary N) is 1. The second-order valence-electron chi connectivity index (χ2n) is 5.22. The van der Waals surface area contributed by atoms with Gasteiger partial charge in [0.25, 0.3) is 0 Å². The van der Waals surface area contributed by atoms with E-state index in [0.29, 0.717) is 24.9 Å². The summed E-state index contributed by atoms with van der Waals surface area (Å²) >= 11 is 1.69. The van der Waals surface area contributed by atoms with E-state index < -0.39 is 0 Å². The predicted octanol–water partition coefficient (Wildman–Crippen LogP) is 1.50. The number of carbonyl (C=O) groups excluding carboxylic acids is 1. The van der Waals surface area contributed by atoms with Crippen LogP contribution in [0.15, 0.2) is 6.07 Å². The van der Waals surface area contributed by atoms with E-state index in [1.165, 1.54) is 4.88 Å². The van der Waals surface area contributed by atoms with E-state index in [1.54, 1.807) is 16.2 Å². The van der Waals surface area contributed by atoms with E-state index in [4.69, 9.17) is 5.73 Å². The lowest BCUT2D eigenvalue weighted by Crippen LogP contribution is -2.46. The number of nitrogens with zero attached hydrogens (tertiary/aromatic N) is 4. The summed E-state index contributed by atoms with van der Waals surface area (Å²) in [6.07, 6.45) is 3.06. The fraction of sp³-hybridized carbons (Fsp3) is 0.500. The first-order chi connectivity index (χ1) is 10.2. The summed E-state index contributed by atoms with van der Waals surface area (Å²) in [6, 6.07) is 2.10. The molecule has 112 valence electrons. The summed E-state index contributed by atoms with van der Waals surface area (Å²) in [5, 5.41) is 0.957. The normalized spacial score (nSPS) is 15.7. The van der Waals surface area contributed by atoms with Gasteiger partial charge in [-0.1, -0.05) is 13.3 Å². The quantitative estimate of drug-likeness (QED) is 0.867. The van der Waals surface area contributed by atoms with E-state index in [0.717, 1.165) is 42.6 Å². The number of carbonyl (C=O) groups is 1. The number of fused-ring (bicyclic) bond motifs is 1. The molecule has 3 heterocycles. The number of amides is 1. The molecule has 2 aromatic heterocycles. The number of nitrogen functional groups attached to an aromatic ring is 1. The van der Waals surface area contributed by atoms with Gasteiger partial charge in [-0.15, -0.1) is 11.3 Å². The number of hydrogen-bond acceptors (Lipinski definition) is 6. The van der Waals surface area contributed by atoms with Crippen molar-refractivity contribution in [2.24, 2.45) is 0 Å².